The van der Waals surface area contributed by atoms with Gasteiger partial charge in [0.1, 0.15) is 11.0 Å². The van der Waals surface area contributed by atoms with Gasteiger partial charge in [0.15, 0.2) is 0 Å². The molecule has 0 saturated heterocycles. The number of para-hydroxylation sites is 1. The van der Waals surface area contributed by atoms with Crippen LogP contribution in [-0.2, 0) is 11.2 Å². The van der Waals surface area contributed by atoms with Crippen LogP contribution in [0.1, 0.15) is 24.4 Å². The van der Waals surface area contributed by atoms with E-state index in [-0.39, 0.29) is 11.9 Å². The Hall–Kier alpha value is -1.95. The normalized spacial score (nSPS) is 11.9. The van der Waals surface area contributed by atoms with E-state index < -0.39 is 0 Å². The lowest BCUT2D eigenvalue weighted by Crippen LogP contribution is -2.32. The second kappa shape index (κ2) is 6.47. The molecule has 0 unspecified atom stereocenters. The minimum atomic E-state index is -0.343. The van der Waals surface area contributed by atoms with Crippen LogP contribution in [0.2, 0.25) is 0 Å². The van der Waals surface area contributed by atoms with E-state index >= 15 is 0 Å². The first-order valence-corrected chi connectivity index (χ1v) is 7.37. The summed E-state index contributed by atoms with van der Waals surface area (Å²) >= 11 is 1.41. The lowest BCUT2D eigenvalue weighted by Gasteiger charge is -2.15. The van der Waals surface area contributed by atoms with Crippen molar-refractivity contribution in [2.24, 2.45) is 0 Å². The van der Waals surface area contributed by atoms with Crippen LogP contribution in [0.25, 0.3) is 0 Å². The minimum absolute atomic E-state index is 0.118. The first-order valence-electron chi connectivity index (χ1n) is 6.55. The van der Waals surface area contributed by atoms with Gasteiger partial charge in [-0.15, -0.1) is 10.2 Å². The van der Waals surface area contributed by atoms with Crippen LogP contribution in [-0.4, -0.2) is 22.1 Å². The van der Waals surface area contributed by atoms with Crippen molar-refractivity contribution in [2.75, 3.05) is 10.6 Å². The number of benzene rings is 1. The summed E-state index contributed by atoms with van der Waals surface area (Å²) in [6.07, 6.45) is 0.824. The molecule has 1 heterocycles. The summed E-state index contributed by atoms with van der Waals surface area (Å²) in [6.45, 7) is 5.84. The number of nitrogens with one attached hydrogen (secondary N) is 2. The summed E-state index contributed by atoms with van der Waals surface area (Å²) < 4.78 is 0. The first kappa shape index (κ1) is 14.5. The number of hydrogen-bond acceptors (Lipinski definition) is 5. The van der Waals surface area contributed by atoms with Gasteiger partial charge in [-0.2, -0.15) is 0 Å². The summed E-state index contributed by atoms with van der Waals surface area (Å²) in [7, 11) is 0. The Balaban J connectivity index is 1.97. The summed E-state index contributed by atoms with van der Waals surface area (Å²) in [5, 5.41) is 15.4. The van der Waals surface area contributed by atoms with Crippen LogP contribution >= 0.6 is 11.3 Å². The predicted molar refractivity (Wildman–Crippen MR) is 82.2 cm³/mol. The molecule has 0 saturated carbocycles. The molecule has 0 spiro atoms. The smallest absolute Gasteiger partial charge is 0.248 e. The molecule has 2 rings (SSSR count). The Morgan fingerprint density at radius 3 is 2.75 bits per heavy atom. The Morgan fingerprint density at radius 2 is 2.10 bits per heavy atom. The largest absolute Gasteiger partial charge is 0.374 e. The first-order chi connectivity index (χ1) is 9.60. The number of nitrogens with zero attached hydrogens (tertiary/aromatic N) is 2. The van der Waals surface area contributed by atoms with Crippen molar-refractivity contribution in [2.45, 2.75) is 33.2 Å². The number of aryl methyl sites for hydroxylation is 2. The van der Waals surface area contributed by atoms with Gasteiger partial charge in [0.2, 0.25) is 11.0 Å². The van der Waals surface area contributed by atoms with Crippen LogP contribution in [0, 0.1) is 6.92 Å². The molecule has 1 aromatic carbocycles. The summed E-state index contributed by atoms with van der Waals surface area (Å²) in [4.78, 5) is 12.1. The second-order valence-corrected chi connectivity index (χ2v) is 5.59. The molecule has 0 radical (unpaired) electrons. The van der Waals surface area contributed by atoms with Crippen molar-refractivity contribution in [1.82, 2.24) is 10.2 Å². The summed E-state index contributed by atoms with van der Waals surface area (Å²) in [6, 6.07) is 7.53. The van der Waals surface area contributed by atoms with Gasteiger partial charge >= 0.3 is 0 Å². The zero-order valence-corrected chi connectivity index (χ0v) is 12.6. The van der Waals surface area contributed by atoms with Crippen LogP contribution in [0.4, 0.5) is 10.8 Å². The molecule has 1 atom stereocenters. The van der Waals surface area contributed by atoms with Crippen molar-refractivity contribution < 1.29 is 4.79 Å². The summed E-state index contributed by atoms with van der Waals surface area (Å²) in [5.41, 5.74) is 2.07. The highest BCUT2D eigenvalue weighted by Crippen LogP contribution is 2.17. The van der Waals surface area contributed by atoms with E-state index in [0.29, 0.717) is 5.13 Å². The SMILES string of the molecule is CCc1nnc(NC(=O)[C@H](C)Nc2ccccc2C)s1. The number of carbonyl (C=O) groups is 1. The van der Waals surface area contributed by atoms with E-state index in [0.717, 1.165) is 22.7 Å². The van der Waals surface area contributed by atoms with E-state index in [9.17, 15) is 4.79 Å². The molecule has 1 amide bonds. The Kier molecular flexibility index (Phi) is 4.68. The highest BCUT2D eigenvalue weighted by molar-refractivity contribution is 7.15. The van der Waals surface area contributed by atoms with Gasteiger partial charge in [0, 0.05) is 5.69 Å². The van der Waals surface area contributed by atoms with Gasteiger partial charge in [0.25, 0.3) is 0 Å². The fourth-order valence-corrected chi connectivity index (χ4v) is 2.38. The Morgan fingerprint density at radius 1 is 1.35 bits per heavy atom. The monoisotopic (exact) mass is 290 g/mol. The molecule has 0 bridgehead atoms. The van der Waals surface area contributed by atoms with Crippen LogP contribution in [0.15, 0.2) is 24.3 Å². The molecular formula is C14H18N4OS. The van der Waals surface area contributed by atoms with Gasteiger partial charge in [-0.05, 0) is 31.9 Å². The van der Waals surface area contributed by atoms with E-state index in [2.05, 4.69) is 20.8 Å². The fourth-order valence-electron chi connectivity index (χ4n) is 1.69. The molecule has 0 aliphatic carbocycles. The van der Waals surface area contributed by atoms with E-state index in [4.69, 9.17) is 0 Å². The fraction of sp³-hybridized carbons (Fsp3) is 0.357. The third-order valence-electron chi connectivity index (χ3n) is 2.91. The van der Waals surface area contributed by atoms with E-state index in [1.807, 2.05) is 45.0 Å². The number of amides is 1. The number of hydrogen-bond donors (Lipinski definition) is 2. The maximum atomic E-state index is 12.1. The van der Waals surface area contributed by atoms with Crippen molar-refractivity contribution in [3.8, 4) is 0 Å². The van der Waals surface area contributed by atoms with Gasteiger partial charge in [-0.1, -0.05) is 36.5 Å². The third-order valence-corrected chi connectivity index (χ3v) is 3.89. The molecule has 6 heteroatoms. The molecule has 0 aliphatic rings. The van der Waals surface area contributed by atoms with Crippen molar-refractivity contribution in [1.29, 1.82) is 0 Å². The quantitative estimate of drug-likeness (QED) is 0.888. The second-order valence-electron chi connectivity index (χ2n) is 4.52. The van der Waals surface area contributed by atoms with Gasteiger partial charge in [-0.3, -0.25) is 10.1 Å². The summed E-state index contributed by atoms with van der Waals surface area (Å²) in [5.74, 6) is -0.118. The maximum Gasteiger partial charge on any atom is 0.248 e. The topological polar surface area (TPSA) is 66.9 Å². The highest BCUT2D eigenvalue weighted by atomic mass is 32.1. The average Bonchev–Trinajstić information content (AvgIpc) is 2.89. The molecule has 0 fully saturated rings. The van der Waals surface area contributed by atoms with Crippen molar-refractivity contribution in [3.63, 3.8) is 0 Å². The molecule has 0 aliphatic heterocycles. The van der Waals surface area contributed by atoms with Gasteiger partial charge in [0.05, 0.1) is 0 Å². The van der Waals surface area contributed by atoms with E-state index in [1.165, 1.54) is 11.3 Å². The lowest BCUT2D eigenvalue weighted by molar-refractivity contribution is -0.116. The van der Waals surface area contributed by atoms with Crippen molar-refractivity contribution >= 4 is 28.1 Å². The zero-order valence-electron chi connectivity index (χ0n) is 11.8. The van der Waals surface area contributed by atoms with Gasteiger partial charge < -0.3 is 5.32 Å². The zero-order chi connectivity index (χ0) is 14.5. The van der Waals surface area contributed by atoms with E-state index in [1.54, 1.807) is 0 Å². The number of aromatic nitrogens is 2. The molecule has 20 heavy (non-hydrogen) atoms. The molecular weight excluding hydrogens is 272 g/mol. The standard InChI is InChI=1S/C14H18N4OS/c1-4-12-17-18-14(20-12)16-13(19)10(3)15-11-8-6-5-7-9(11)2/h5-8,10,15H,4H2,1-3H3,(H,16,18,19)/t10-/m0/s1. The predicted octanol–water partition coefficient (Wildman–Crippen LogP) is 2.85. The number of anilines is 2. The minimum Gasteiger partial charge on any atom is -0.374 e. The average molecular weight is 290 g/mol. The maximum absolute atomic E-state index is 12.1. The third kappa shape index (κ3) is 3.54. The molecule has 2 aromatic rings. The Labute approximate surface area is 122 Å². The van der Waals surface area contributed by atoms with Crippen LogP contribution in [0.3, 0.4) is 0 Å². The molecule has 106 valence electrons. The molecule has 5 nitrogen and oxygen atoms in total. The van der Waals surface area contributed by atoms with Crippen LogP contribution in [0.5, 0.6) is 0 Å². The molecule has 2 N–H and O–H groups in total. The van der Waals surface area contributed by atoms with Gasteiger partial charge in [-0.25, -0.2) is 0 Å². The molecule has 1 aromatic heterocycles. The Bertz CT molecular complexity index is 596. The van der Waals surface area contributed by atoms with Crippen molar-refractivity contribution in [3.05, 3.63) is 34.8 Å². The highest BCUT2D eigenvalue weighted by Gasteiger charge is 2.15. The lowest BCUT2D eigenvalue weighted by atomic mass is 10.2. The number of rotatable bonds is 5. The number of carbonyl (C=O) groups excluding carboxylic acids is 1. The van der Waals surface area contributed by atoms with Crippen LogP contribution < -0.4 is 10.6 Å².